The van der Waals surface area contributed by atoms with E-state index in [2.05, 4.69) is 14.9 Å². The van der Waals surface area contributed by atoms with Crippen LogP contribution in [-0.2, 0) is 21.3 Å². The van der Waals surface area contributed by atoms with Crippen LogP contribution in [0.1, 0.15) is 21.5 Å². The van der Waals surface area contributed by atoms with Crippen LogP contribution in [0.3, 0.4) is 0 Å². The molecule has 2 aromatic rings. The third-order valence-corrected chi connectivity index (χ3v) is 6.25. The molecule has 1 fully saturated rings. The predicted octanol–water partition coefficient (Wildman–Crippen LogP) is 1.54. The van der Waals surface area contributed by atoms with Crippen molar-refractivity contribution in [3.05, 3.63) is 65.2 Å². The third-order valence-electron chi connectivity index (χ3n) is 4.83. The highest BCUT2D eigenvalue weighted by molar-refractivity contribution is 7.89. The molecule has 156 valence electrons. The SMILES string of the molecule is Cc1ccc(S(=O)(=O)NCc2ccc(C(=O)NCCN3CCOCC3)cc2)cc1. The number of carbonyl (C=O) groups excluding carboxylic acids is 1. The maximum absolute atomic E-state index is 12.4. The number of nitrogens with one attached hydrogen (secondary N) is 2. The van der Waals surface area contributed by atoms with Crippen molar-refractivity contribution in [3.8, 4) is 0 Å². The summed E-state index contributed by atoms with van der Waals surface area (Å²) in [6.07, 6.45) is 0. The molecule has 1 aliphatic heterocycles. The van der Waals surface area contributed by atoms with Crippen molar-refractivity contribution in [1.82, 2.24) is 14.9 Å². The van der Waals surface area contributed by atoms with Gasteiger partial charge in [-0.25, -0.2) is 13.1 Å². The second-order valence-corrected chi connectivity index (χ2v) is 8.81. The van der Waals surface area contributed by atoms with Crippen molar-refractivity contribution in [2.24, 2.45) is 0 Å². The molecule has 0 aliphatic carbocycles. The van der Waals surface area contributed by atoms with Gasteiger partial charge in [-0.15, -0.1) is 0 Å². The van der Waals surface area contributed by atoms with Crippen LogP contribution in [0.2, 0.25) is 0 Å². The first-order valence-electron chi connectivity index (χ1n) is 9.68. The summed E-state index contributed by atoms with van der Waals surface area (Å²) in [6, 6.07) is 13.6. The van der Waals surface area contributed by atoms with Gasteiger partial charge in [0.1, 0.15) is 0 Å². The lowest BCUT2D eigenvalue weighted by Crippen LogP contribution is -2.41. The maximum Gasteiger partial charge on any atom is 0.251 e. The van der Waals surface area contributed by atoms with Gasteiger partial charge in [-0.05, 0) is 36.8 Å². The van der Waals surface area contributed by atoms with Crippen molar-refractivity contribution < 1.29 is 17.9 Å². The molecule has 0 radical (unpaired) electrons. The zero-order chi connectivity index (χ0) is 20.7. The summed E-state index contributed by atoms with van der Waals surface area (Å²) in [5, 5.41) is 2.92. The van der Waals surface area contributed by atoms with Crippen LogP contribution in [0.4, 0.5) is 0 Å². The fourth-order valence-electron chi connectivity index (χ4n) is 3.01. The zero-order valence-corrected chi connectivity index (χ0v) is 17.4. The molecule has 7 nitrogen and oxygen atoms in total. The molecule has 1 amide bonds. The number of aryl methyl sites for hydroxylation is 1. The Kier molecular flexibility index (Phi) is 7.38. The Hall–Kier alpha value is -2.26. The number of sulfonamides is 1. The number of amides is 1. The molecule has 8 heteroatoms. The minimum Gasteiger partial charge on any atom is -0.379 e. The highest BCUT2D eigenvalue weighted by atomic mass is 32.2. The second kappa shape index (κ2) is 9.98. The van der Waals surface area contributed by atoms with Crippen LogP contribution in [0.25, 0.3) is 0 Å². The van der Waals surface area contributed by atoms with Gasteiger partial charge in [-0.2, -0.15) is 0 Å². The predicted molar refractivity (Wildman–Crippen MR) is 111 cm³/mol. The van der Waals surface area contributed by atoms with E-state index in [1.165, 1.54) is 0 Å². The van der Waals surface area contributed by atoms with E-state index in [0.29, 0.717) is 12.1 Å². The molecule has 29 heavy (non-hydrogen) atoms. The summed E-state index contributed by atoms with van der Waals surface area (Å²) in [5.41, 5.74) is 2.34. The highest BCUT2D eigenvalue weighted by Gasteiger charge is 2.14. The molecule has 0 spiro atoms. The van der Waals surface area contributed by atoms with E-state index in [1.54, 1.807) is 48.5 Å². The zero-order valence-electron chi connectivity index (χ0n) is 16.6. The van der Waals surface area contributed by atoms with Crippen molar-refractivity contribution in [2.75, 3.05) is 39.4 Å². The Labute approximate surface area is 172 Å². The van der Waals surface area contributed by atoms with Crippen molar-refractivity contribution in [2.45, 2.75) is 18.4 Å². The van der Waals surface area contributed by atoms with Crippen molar-refractivity contribution in [3.63, 3.8) is 0 Å². The van der Waals surface area contributed by atoms with Crippen LogP contribution in [0.15, 0.2) is 53.4 Å². The van der Waals surface area contributed by atoms with Gasteiger partial charge in [-0.1, -0.05) is 29.8 Å². The normalized spacial score (nSPS) is 15.2. The Balaban J connectivity index is 1.47. The molecule has 0 atom stereocenters. The van der Waals surface area contributed by atoms with Crippen LogP contribution in [-0.4, -0.2) is 58.6 Å². The Morgan fingerprint density at radius 3 is 2.34 bits per heavy atom. The van der Waals surface area contributed by atoms with Gasteiger partial charge in [0, 0.05) is 38.3 Å². The summed E-state index contributed by atoms with van der Waals surface area (Å²) < 4.78 is 32.6. The first-order chi connectivity index (χ1) is 13.9. The summed E-state index contributed by atoms with van der Waals surface area (Å²) in [5.74, 6) is -0.134. The lowest BCUT2D eigenvalue weighted by molar-refractivity contribution is 0.0383. The van der Waals surface area contributed by atoms with E-state index in [4.69, 9.17) is 4.74 Å². The fraction of sp³-hybridized carbons (Fsp3) is 0.381. The highest BCUT2D eigenvalue weighted by Crippen LogP contribution is 2.11. The lowest BCUT2D eigenvalue weighted by Gasteiger charge is -2.26. The Morgan fingerprint density at radius 2 is 1.69 bits per heavy atom. The minimum atomic E-state index is -3.57. The number of benzene rings is 2. The van der Waals surface area contributed by atoms with Gasteiger partial charge in [0.15, 0.2) is 0 Å². The monoisotopic (exact) mass is 417 g/mol. The molecular formula is C21H27N3O4S. The smallest absolute Gasteiger partial charge is 0.251 e. The molecule has 1 aliphatic rings. The van der Waals surface area contributed by atoms with Crippen LogP contribution >= 0.6 is 0 Å². The molecule has 3 rings (SSSR count). The quantitative estimate of drug-likeness (QED) is 0.680. The minimum absolute atomic E-state index is 0.134. The van der Waals surface area contributed by atoms with Gasteiger partial charge >= 0.3 is 0 Å². The average molecular weight is 418 g/mol. The summed E-state index contributed by atoms with van der Waals surface area (Å²) >= 11 is 0. The van der Waals surface area contributed by atoms with Gasteiger partial charge < -0.3 is 10.1 Å². The van der Waals surface area contributed by atoms with Crippen LogP contribution < -0.4 is 10.0 Å². The molecule has 1 saturated heterocycles. The largest absolute Gasteiger partial charge is 0.379 e. The molecule has 2 N–H and O–H groups in total. The fourth-order valence-corrected chi connectivity index (χ4v) is 4.03. The topological polar surface area (TPSA) is 87.7 Å². The summed E-state index contributed by atoms with van der Waals surface area (Å²) in [4.78, 5) is 14.8. The molecule has 2 aromatic carbocycles. The van der Waals surface area contributed by atoms with Crippen molar-refractivity contribution >= 4 is 15.9 Å². The van der Waals surface area contributed by atoms with E-state index in [-0.39, 0.29) is 17.3 Å². The average Bonchev–Trinajstić information content (AvgIpc) is 2.74. The van der Waals surface area contributed by atoms with Gasteiger partial charge in [-0.3, -0.25) is 9.69 Å². The number of nitrogens with zero attached hydrogens (tertiary/aromatic N) is 1. The van der Waals surface area contributed by atoms with Gasteiger partial charge in [0.2, 0.25) is 10.0 Å². The Morgan fingerprint density at radius 1 is 1.03 bits per heavy atom. The molecule has 0 saturated carbocycles. The second-order valence-electron chi connectivity index (χ2n) is 7.04. The molecular weight excluding hydrogens is 390 g/mol. The van der Waals surface area contributed by atoms with Gasteiger partial charge in [0.25, 0.3) is 5.91 Å². The number of morpholine rings is 1. The maximum atomic E-state index is 12.4. The molecule has 0 aromatic heterocycles. The summed E-state index contributed by atoms with van der Waals surface area (Å²) in [7, 11) is -3.57. The van der Waals surface area contributed by atoms with E-state index >= 15 is 0 Å². The number of rotatable bonds is 8. The first kappa shape index (κ1) is 21.4. The third kappa shape index (κ3) is 6.37. The van der Waals surface area contributed by atoms with Gasteiger partial charge in [0.05, 0.1) is 18.1 Å². The number of ether oxygens (including phenoxy) is 1. The molecule has 1 heterocycles. The first-order valence-corrected chi connectivity index (χ1v) is 11.2. The van der Waals surface area contributed by atoms with E-state index in [1.807, 2.05) is 6.92 Å². The molecule has 0 bridgehead atoms. The number of hydrogen-bond acceptors (Lipinski definition) is 5. The lowest BCUT2D eigenvalue weighted by atomic mass is 10.1. The van der Waals surface area contributed by atoms with E-state index in [0.717, 1.165) is 44.0 Å². The standard InChI is InChI=1S/C21H27N3O4S/c1-17-2-8-20(9-3-17)29(26,27)23-16-18-4-6-19(7-5-18)21(25)22-10-11-24-12-14-28-15-13-24/h2-9,23H,10-16H2,1H3,(H,22,25). The number of carbonyl (C=O) groups is 1. The van der Waals surface area contributed by atoms with Crippen LogP contribution in [0, 0.1) is 6.92 Å². The van der Waals surface area contributed by atoms with E-state index in [9.17, 15) is 13.2 Å². The van der Waals surface area contributed by atoms with E-state index < -0.39 is 10.0 Å². The van der Waals surface area contributed by atoms with Crippen LogP contribution in [0.5, 0.6) is 0 Å². The number of hydrogen-bond donors (Lipinski definition) is 2. The van der Waals surface area contributed by atoms with Crippen molar-refractivity contribution in [1.29, 1.82) is 0 Å². The summed E-state index contributed by atoms with van der Waals surface area (Å²) in [6.45, 7) is 6.71. The molecule has 0 unspecified atom stereocenters. The Bertz CT molecular complexity index is 906.